The second-order valence-electron chi connectivity index (χ2n) is 6.12. The van der Waals surface area contributed by atoms with E-state index in [-0.39, 0.29) is 17.6 Å². The summed E-state index contributed by atoms with van der Waals surface area (Å²) in [7, 11) is 1.34. The molecule has 0 aliphatic carbocycles. The molecule has 1 aromatic carbocycles. The Morgan fingerprint density at radius 1 is 1.20 bits per heavy atom. The number of furan rings is 1. The Morgan fingerprint density at radius 3 is 2.60 bits per heavy atom. The summed E-state index contributed by atoms with van der Waals surface area (Å²) in [6.45, 7) is 4.64. The van der Waals surface area contributed by atoms with Crippen molar-refractivity contribution in [3.05, 3.63) is 47.2 Å². The van der Waals surface area contributed by atoms with Crippen LogP contribution in [0.3, 0.4) is 0 Å². The summed E-state index contributed by atoms with van der Waals surface area (Å²) in [5.41, 5.74) is 2.33. The van der Waals surface area contributed by atoms with Gasteiger partial charge >= 0.3 is 5.97 Å². The van der Waals surface area contributed by atoms with Crippen molar-refractivity contribution < 1.29 is 18.7 Å². The van der Waals surface area contributed by atoms with Crippen molar-refractivity contribution in [1.82, 2.24) is 4.90 Å². The van der Waals surface area contributed by atoms with E-state index in [1.54, 1.807) is 12.1 Å². The van der Waals surface area contributed by atoms with E-state index in [2.05, 4.69) is 26.0 Å². The minimum atomic E-state index is -0.516. The van der Waals surface area contributed by atoms with Crippen molar-refractivity contribution in [3.63, 3.8) is 0 Å². The van der Waals surface area contributed by atoms with Gasteiger partial charge in [-0.15, -0.1) is 0 Å². The van der Waals surface area contributed by atoms with Gasteiger partial charge in [0.25, 0.3) is 5.91 Å². The quantitative estimate of drug-likeness (QED) is 0.777. The summed E-state index contributed by atoms with van der Waals surface area (Å²) in [5, 5.41) is 0.662. The van der Waals surface area contributed by atoms with E-state index >= 15 is 0 Å². The van der Waals surface area contributed by atoms with Gasteiger partial charge in [0.05, 0.1) is 7.11 Å². The van der Waals surface area contributed by atoms with Crippen molar-refractivity contribution in [3.8, 4) is 0 Å². The number of esters is 1. The molecule has 0 radical (unpaired) electrons. The number of nitrogens with zero attached hydrogens (tertiary/aromatic N) is 1. The minimum absolute atomic E-state index is 0.254. The normalized spacial score (nSPS) is 16.9. The number of likely N-dealkylation sites (tertiary alicyclic amines) is 1. The fourth-order valence-corrected chi connectivity index (χ4v) is 4.01. The number of carbonyl (C=O) groups is 2. The topological polar surface area (TPSA) is 59.8 Å². The summed E-state index contributed by atoms with van der Waals surface area (Å²) >= 11 is 1.50. The zero-order chi connectivity index (χ0) is 18.0. The van der Waals surface area contributed by atoms with Crippen LogP contribution in [0.15, 0.2) is 44.7 Å². The zero-order valence-corrected chi connectivity index (χ0v) is 15.4. The summed E-state index contributed by atoms with van der Waals surface area (Å²) in [6.07, 6.45) is 1.42. The lowest BCUT2D eigenvalue weighted by Crippen LogP contribution is -2.40. The first-order valence-electron chi connectivity index (χ1n) is 8.24. The highest BCUT2D eigenvalue weighted by Gasteiger charge is 2.36. The number of rotatable bonds is 4. The number of hydrogen-bond acceptors (Lipinski definition) is 5. The number of benzene rings is 1. The maximum atomic E-state index is 12.7. The van der Waals surface area contributed by atoms with Crippen molar-refractivity contribution in [2.24, 2.45) is 0 Å². The SMILES string of the molecule is COC(=O)C1CCCN1C(=O)c1ccc(Sc2c(C)cccc2C)o1. The number of aryl methyl sites for hydroxylation is 2. The van der Waals surface area contributed by atoms with Crippen LogP contribution in [0.25, 0.3) is 0 Å². The molecule has 3 rings (SSSR count). The first kappa shape index (κ1) is 17.6. The molecule has 1 aliphatic rings. The van der Waals surface area contributed by atoms with Gasteiger partial charge in [-0.2, -0.15) is 0 Å². The lowest BCUT2D eigenvalue weighted by atomic mass is 10.2. The molecule has 5 nitrogen and oxygen atoms in total. The molecule has 1 saturated heterocycles. The molecule has 132 valence electrons. The van der Waals surface area contributed by atoms with Crippen molar-refractivity contribution in [1.29, 1.82) is 0 Å². The van der Waals surface area contributed by atoms with Gasteiger partial charge in [-0.3, -0.25) is 4.79 Å². The fraction of sp³-hybridized carbons (Fsp3) is 0.368. The smallest absolute Gasteiger partial charge is 0.328 e. The maximum absolute atomic E-state index is 12.7. The molecule has 2 heterocycles. The highest BCUT2D eigenvalue weighted by Crippen LogP contribution is 2.34. The molecule has 1 atom stereocenters. The third-order valence-corrected chi connectivity index (χ3v) is 5.66. The van der Waals surface area contributed by atoms with Crippen LogP contribution in [0.1, 0.15) is 34.5 Å². The van der Waals surface area contributed by atoms with Gasteiger partial charge in [0, 0.05) is 11.4 Å². The van der Waals surface area contributed by atoms with Crippen molar-refractivity contribution in [2.45, 2.75) is 42.7 Å². The Hall–Kier alpha value is -2.21. The van der Waals surface area contributed by atoms with Crippen LogP contribution in [0.4, 0.5) is 0 Å². The van der Waals surface area contributed by atoms with Crippen LogP contribution < -0.4 is 0 Å². The van der Waals surface area contributed by atoms with Crippen LogP contribution in [-0.4, -0.2) is 36.5 Å². The summed E-state index contributed by atoms with van der Waals surface area (Å²) in [4.78, 5) is 27.2. The van der Waals surface area contributed by atoms with E-state index in [9.17, 15) is 9.59 Å². The fourth-order valence-electron chi connectivity index (χ4n) is 3.08. The van der Waals surface area contributed by atoms with Gasteiger partial charge in [0.15, 0.2) is 10.9 Å². The standard InChI is InChI=1S/C19H21NO4S/c1-12-6-4-7-13(2)17(12)25-16-10-9-15(24-16)18(21)20-11-5-8-14(20)19(22)23-3/h4,6-7,9-10,14H,5,8,11H2,1-3H3. The first-order chi connectivity index (χ1) is 12.0. The van der Waals surface area contributed by atoms with Crippen LogP contribution in [-0.2, 0) is 9.53 Å². The Labute approximate surface area is 151 Å². The van der Waals surface area contributed by atoms with E-state index in [4.69, 9.17) is 9.15 Å². The van der Waals surface area contributed by atoms with Gasteiger partial charge in [-0.25, -0.2) is 4.79 Å². The van der Waals surface area contributed by atoms with Crippen molar-refractivity contribution in [2.75, 3.05) is 13.7 Å². The molecule has 0 saturated carbocycles. The first-order valence-corrected chi connectivity index (χ1v) is 9.05. The van der Waals surface area contributed by atoms with Crippen LogP contribution >= 0.6 is 11.8 Å². The molecule has 25 heavy (non-hydrogen) atoms. The molecular formula is C19H21NO4S. The Morgan fingerprint density at radius 2 is 1.92 bits per heavy atom. The summed E-state index contributed by atoms with van der Waals surface area (Å²) in [6, 6.07) is 9.08. The highest BCUT2D eigenvalue weighted by atomic mass is 32.2. The Bertz CT molecular complexity index is 778. The molecule has 0 N–H and O–H groups in total. The zero-order valence-electron chi connectivity index (χ0n) is 14.6. The lowest BCUT2D eigenvalue weighted by Gasteiger charge is -2.21. The second kappa shape index (κ2) is 7.35. The molecular weight excluding hydrogens is 338 g/mol. The van der Waals surface area contributed by atoms with Crippen LogP contribution in [0.5, 0.6) is 0 Å². The molecule has 1 aliphatic heterocycles. The van der Waals surface area contributed by atoms with Crippen molar-refractivity contribution >= 4 is 23.6 Å². The van der Waals surface area contributed by atoms with Gasteiger partial charge in [0.2, 0.25) is 0 Å². The third kappa shape index (κ3) is 3.58. The highest BCUT2D eigenvalue weighted by molar-refractivity contribution is 7.99. The lowest BCUT2D eigenvalue weighted by molar-refractivity contribution is -0.145. The molecule has 6 heteroatoms. The predicted molar refractivity (Wildman–Crippen MR) is 94.8 cm³/mol. The van der Waals surface area contributed by atoms with E-state index < -0.39 is 6.04 Å². The third-order valence-electron chi connectivity index (χ3n) is 4.39. The minimum Gasteiger partial charge on any atom is -0.467 e. The summed E-state index contributed by atoms with van der Waals surface area (Å²) < 4.78 is 10.5. The monoisotopic (exact) mass is 359 g/mol. The van der Waals surface area contributed by atoms with E-state index in [0.29, 0.717) is 18.1 Å². The Balaban J connectivity index is 1.77. The van der Waals surface area contributed by atoms with Crippen LogP contribution in [0, 0.1) is 13.8 Å². The molecule has 1 fully saturated rings. The number of ether oxygens (including phenoxy) is 1. The molecule has 1 aromatic heterocycles. The number of hydrogen-bond donors (Lipinski definition) is 0. The molecule has 1 amide bonds. The average molecular weight is 359 g/mol. The van der Waals surface area contributed by atoms with Gasteiger partial charge < -0.3 is 14.1 Å². The average Bonchev–Trinajstić information content (AvgIpc) is 3.26. The predicted octanol–water partition coefficient (Wildman–Crippen LogP) is 3.83. The van der Waals surface area contributed by atoms with E-state index in [1.165, 1.54) is 34.9 Å². The van der Waals surface area contributed by atoms with E-state index in [0.717, 1.165) is 11.3 Å². The Kier molecular flexibility index (Phi) is 5.18. The number of methoxy groups -OCH3 is 1. The van der Waals surface area contributed by atoms with Gasteiger partial charge in [-0.05, 0) is 49.9 Å². The summed E-state index contributed by atoms with van der Waals surface area (Å²) in [5.74, 6) is -0.381. The maximum Gasteiger partial charge on any atom is 0.328 e. The van der Waals surface area contributed by atoms with Gasteiger partial charge in [0.1, 0.15) is 6.04 Å². The van der Waals surface area contributed by atoms with E-state index in [1.807, 2.05) is 6.07 Å². The molecule has 1 unspecified atom stereocenters. The molecule has 0 spiro atoms. The van der Waals surface area contributed by atoms with Gasteiger partial charge in [-0.1, -0.05) is 30.0 Å². The molecule has 0 bridgehead atoms. The number of carbonyl (C=O) groups excluding carboxylic acids is 2. The van der Waals surface area contributed by atoms with Crippen LogP contribution in [0.2, 0.25) is 0 Å². The largest absolute Gasteiger partial charge is 0.467 e. The second-order valence-corrected chi connectivity index (χ2v) is 7.14. The number of amides is 1. The molecule has 2 aromatic rings.